The highest BCUT2D eigenvalue weighted by Gasteiger charge is 2.72. The summed E-state index contributed by atoms with van der Waals surface area (Å²) in [6.45, 7) is 6.56. The van der Waals surface area contributed by atoms with Crippen LogP contribution in [0.25, 0.3) is 0 Å². The minimum Gasteiger partial charge on any atom is -0.359 e. The Morgan fingerprint density at radius 2 is 1.70 bits per heavy atom. The number of rotatable bonds is 7. The molecule has 3 aliphatic heterocycles. The Morgan fingerprint density at radius 3 is 2.38 bits per heavy atom. The van der Waals surface area contributed by atoms with Crippen LogP contribution < -0.4 is 10.6 Å². The molecule has 7 heteroatoms. The number of anilines is 1. The van der Waals surface area contributed by atoms with Gasteiger partial charge in [0.2, 0.25) is 17.7 Å². The quantitative estimate of drug-likeness (QED) is 0.491. The van der Waals surface area contributed by atoms with E-state index in [9.17, 15) is 14.4 Å². The van der Waals surface area contributed by atoms with Gasteiger partial charge in [-0.3, -0.25) is 14.4 Å². The maximum Gasteiger partial charge on any atom is 0.246 e. The molecule has 210 valence electrons. The molecule has 0 radical (unpaired) electrons. The fourth-order valence-electron chi connectivity index (χ4n) is 7.03. The summed E-state index contributed by atoms with van der Waals surface area (Å²) < 4.78 is 6.49. The number of ether oxygens (including phenoxy) is 1. The van der Waals surface area contributed by atoms with Crippen molar-refractivity contribution < 1.29 is 19.1 Å². The molecule has 2 aromatic carbocycles. The number of carbonyl (C=O) groups excluding carboxylic acids is 3. The number of nitrogens with zero attached hydrogens (tertiary/aromatic N) is 1. The lowest BCUT2D eigenvalue weighted by atomic mass is 9.74. The maximum atomic E-state index is 14.2. The minimum atomic E-state index is -1.16. The van der Waals surface area contributed by atoms with Crippen LogP contribution in [-0.4, -0.2) is 46.4 Å². The smallest absolute Gasteiger partial charge is 0.246 e. The Hall–Kier alpha value is -3.45. The topological polar surface area (TPSA) is 87.7 Å². The van der Waals surface area contributed by atoms with E-state index in [-0.39, 0.29) is 30.3 Å². The van der Waals surface area contributed by atoms with Crippen molar-refractivity contribution in [2.24, 2.45) is 11.8 Å². The van der Waals surface area contributed by atoms with E-state index in [1.807, 2.05) is 67.6 Å². The summed E-state index contributed by atoms with van der Waals surface area (Å²) in [5, 5.41) is 6.27. The molecule has 6 rings (SSSR count). The van der Waals surface area contributed by atoms with Crippen molar-refractivity contribution in [1.82, 2.24) is 10.2 Å². The first kappa shape index (κ1) is 26.8. The summed E-state index contributed by atoms with van der Waals surface area (Å²) in [7, 11) is 0. The third-order valence-electron chi connectivity index (χ3n) is 9.19. The largest absolute Gasteiger partial charge is 0.359 e. The number of amides is 3. The highest BCUT2D eigenvalue weighted by Crippen LogP contribution is 2.55. The van der Waals surface area contributed by atoms with Crippen LogP contribution in [0, 0.1) is 18.8 Å². The van der Waals surface area contributed by atoms with Crippen molar-refractivity contribution in [3.63, 3.8) is 0 Å². The second-order valence-electron chi connectivity index (χ2n) is 12.3. The third kappa shape index (κ3) is 4.64. The van der Waals surface area contributed by atoms with E-state index in [4.69, 9.17) is 4.74 Å². The number of benzene rings is 2. The van der Waals surface area contributed by atoms with Gasteiger partial charge >= 0.3 is 0 Å². The van der Waals surface area contributed by atoms with Crippen LogP contribution in [0.1, 0.15) is 68.6 Å². The van der Waals surface area contributed by atoms with Gasteiger partial charge in [0.15, 0.2) is 0 Å². The zero-order chi connectivity index (χ0) is 28.0. The van der Waals surface area contributed by atoms with Gasteiger partial charge in [-0.15, -0.1) is 0 Å². The Balaban J connectivity index is 1.30. The number of hydrogen-bond acceptors (Lipinski definition) is 4. The summed E-state index contributed by atoms with van der Waals surface area (Å²) in [5.74, 6) is -1.73. The molecule has 3 amide bonds. The Morgan fingerprint density at radius 1 is 1.00 bits per heavy atom. The molecule has 3 fully saturated rings. The van der Waals surface area contributed by atoms with Crippen LogP contribution >= 0.6 is 0 Å². The molecule has 0 unspecified atom stereocenters. The molecular formula is C33H39N3O4. The standard InChI is InChI=1S/C33H39N3O4/c1-20(2)23-13-15-25(16-14-23)34-30(37)27-26-17-18-33(40-26)28(27)32(39)36(19-22-11-9-21(3)10-12-22)29(33)31(38)35-24-7-5-4-6-8-24/h9-18,20,24,26-29H,4-8,19H2,1-3H3,(H,34,37)(H,35,38)/t26-,27-,28-,29-,33+/m1/s1. The normalized spacial score (nSPS) is 29.2. The monoisotopic (exact) mass is 541 g/mol. The number of aryl methyl sites for hydroxylation is 1. The summed E-state index contributed by atoms with van der Waals surface area (Å²) in [6, 6.07) is 15.1. The average Bonchev–Trinajstić information content (AvgIpc) is 3.58. The first-order valence-electron chi connectivity index (χ1n) is 14.7. The Labute approximate surface area is 236 Å². The van der Waals surface area contributed by atoms with Crippen LogP contribution in [0.4, 0.5) is 5.69 Å². The zero-order valence-electron chi connectivity index (χ0n) is 23.6. The van der Waals surface area contributed by atoms with Gasteiger partial charge in [0, 0.05) is 18.3 Å². The molecule has 1 aliphatic carbocycles. The second-order valence-corrected chi connectivity index (χ2v) is 12.3. The van der Waals surface area contributed by atoms with Crippen molar-refractivity contribution in [3.05, 3.63) is 77.4 Å². The van der Waals surface area contributed by atoms with Crippen molar-refractivity contribution in [2.45, 2.75) is 89.1 Å². The molecule has 5 atom stereocenters. The Bertz CT molecular complexity index is 1310. The summed E-state index contributed by atoms with van der Waals surface area (Å²) >= 11 is 0. The number of hydrogen-bond donors (Lipinski definition) is 2. The summed E-state index contributed by atoms with van der Waals surface area (Å²) in [5.41, 5.74) is 2.78. The van der Waals surface area contributed by atoms with E-state index in [0.29, 0.717) is 11.6 Å². The number of carbonyl (C=O) groups is 3. The van der Waals surface area contributed by atoms with E-state index < -0.39 is 29.6 Å². The molecule has 1 saturated carbocycles. The highest BCUT2D eigenvalue weighted by molar-refractivity contribution is 6.02. The first-order chi connectivity index (χ1) is 19.3. The first-order valence-corrected chi connectivity index (χ1v) is 14.7. The van der Waals surface area contributed by atoms with Gasteiger partial charge in [-0.25, -0.2) is 0 Å². The molecule has 2 aromatic rings. The fraction of sp³-hybridized carbons (Fsp3) is 0.485. The van der Waals surface area contributed by atoms with Gasteiger partial charge < -0.3 is 20.3 Å². The van der Waals surface area contributed by atoms with E-state index in [0.717, 1.165) is 36.8 Å². The van der Waals surface area contributed by atoms with Gasteiger partial charge in [0.1, 0.15) is 11.6 Å². The highest BCUT2D eigenvalue weighted by atomic mass is 16.5. The van der Waals surface area contributed by atoms with Crippen molar-refractivity contribution in [1.29, 1.82) is 0 Å². The van der Waals surface area contributed by atoms with Crippen LogP contribution in [0.15, 0.2) is 60.7 Å². The van der Waals surface area contributed by atoms with Gasteiger partial charge in [0.25, 0.3) is 0 Å². The van der Waals surface area contributed by atoms with Crippen molar-refractivity contribution >= 4 is 23.4 Å². The lowest BCUT2D eigenvalue weighted by Crippen LogP contribution is -2.56. The molecular weight excluding hydrogens is 502 g/mol. The molecule has 4 aliphatic rings. The Kier molecular flexibility index (Phi) is 7.03. The molecule has 1 spiro atoms. The maximum absolute atomic E-state index is 14.2. The predicted molar refractivity (Wildman–Crippen MR) is 153 cm³/mol. The SMILES string of the molecule is Cc1ccc(CN2C(=O)[C@H]3[C@H](C(=O)Nc4ccc(C(C)C)cc4)[C@H]4C=C[C@@]3(O4)[C@H]2C(=O)NC2CCCCC2)cc1. The molecule has 2 bridgehead atoms. The second kappa shape index (κ2) is 10.5. The molecule has 2 saturated heterocycles. The van der Waals surface area contributed by atoms with Gasteiger partial charge in [0.05, 0.1) is 17.9 Å². The van der Waals surface area contributed by atoms with Crippen LogP contribution in [0.3, 0.4) is 0 Å². The third-order valence-corrected chi connectivity index (χ3v) is 9.19. The number of nitrogens with one attached hydrogen (secondary N) is 2. The van der Waals surface area contributed by atoms with Gasteiger partial charge in [-0.2, -0.15) is 0 Å². The average molecular weight is 542 g/mol. The number of fused-ring (bicyclic) bond motifs is 1. The molecule has 40 heavy (non-hydrogen) atoms. The summed E-state index contributed by atoms with van der Waals surface area (Å²) in [4.78, 5) is 43.5. The molecule has 0 aromatic heterocycles. The summed E-state index contributed by atoms with van der Waals surface area (Å²) in [6.07, 6.45) is 8.46. The van der Waals surface area contributed by atoms with Gasteiger partial charge in [-0.1, -0.05) is 87.2 Å². The minimum absolute atomic E-state index is 0.100. The lowest BCUT2D eigenvalue weighted by Gasteiger charge is -2.34. The van der Waals surface area contributed by atoms with E-state index in [1.165, 1.54) is 12.0 Å². The van der Waals surface area contributed by atoms with Crippen LogP contribution in [-0.2, 0) is 25.7 Å². The molecule has 7 nitrogen and oxygen atoms in total. The van der Waals surface area contributed by atoms with Crippen molar-refractivity contribution in [2.75, 3.05) is 5.32 Å². The van der Waals surface area contributed by atoms with E-state index in [1.54, 1.807) is 4.90 Å². The van der Waals surface area contributed by atoms with E-state index >= 15 is 0 Å². The van der Waals surface area contributed by atoms with Crippen LogP contribution in [0.2, 0.25) is 0 Å². The molecule has 3 heterocycles. The van der Waals surface area contributed by atoms with Crippen molar-refractivity contribution in [3.8, 4) is 0 Å². The molecule has 2 N–H and O–H groups in total. The van der Waals surface area contributed by atoms with E-state index in [2.05, 4.69) is 24.5 Å². The fourth-order valence-corrected chi connectivity index (χ4v) is 7.03. The predicted octanol–water partition coefficient (Wildman–Crippen LogP) is 4.86. The van der Waals surface area contributed by atoms with Gasteiger partial charge in [-0.05, 0) is 48.9 Å². The van der Waals surface area contributed by atoms with Crippen LogP contribution in [0.5, 0.6) is 0 Å². The number of likely N-dealkylation sites (tertiary alicyclic amines) is 1. The lowest BCUT2D eigenvalue weighted by molar-refractivity contribution is -0.142. The zero-order valence-corrected chi connectivity index (χ0v) is 23.6.